The average molecular weight is 500 g/mol. The van der Waals surface area contributed by atoms with Gasteiger partial charge in [-0.25, -0.2) is 0 Å². The van der Waals surface area contributed by atoms with E-state index in [0.29, 0.717) is 22.3 Å². The Morgan fingerprint density at radius 2 is 1.84 bits per heavy atom. The number of benzene rings is 3. The number of hydrogen-bond donors (Lipinski definition) is 2. The summed E-state index contributed by atoms with van der Waals surface area (Å²) in [6, 6.07) is 20.6. The number of amides is 1. The van der Waals surface area contributed by atoms with Crippen molar-refractivity contribution in [3.63, 3.8) is 0 Å². The van der Waals surface area contributed by atoms with E-state index in [0.717, 1.165) is 16.7 Å². The van der Waals surface area contributed by atoms with E-state index in [1.807, 2.05) is 24.3 Å². The van der Waals surface area contributed by atoms with E-state index in [9.17, 15) is 18.8 Å². The lowest BCUT2D eigenvalue weighted by molar-refractivity contribution is -0.0498. The number of H-pyrrole nitrogens is 1. The molecule has 0 unspecified atom stereocenters. The second kappa shape index (κ2) is 10.2. The molecule has 2 N–H and O–H groups in total. The minimum atomic E-state index is -2.91. The SMILES string of the molecule is N#Cc1ccc2c(C(=O)NCc3ccc(-c4nn[nH]n4)cc3)nn(Cc3ccc(OC(F)F)cc3)c2c1. The van der Waals surface area contributed by atoms with Crippen molar-refractivity contribution in [3.05, 3.63) is 89.1 Å². The van der Waals surface area contributed by atoms with Crippen LogP contribution >= 0.6 is 0 Å². The zero-order chi connectivity index (χ0) is 25.8. The van der Waals surface area contributed by atoms with Gasteiger partial charge in [0.25, 0.3) is 5.91 Å². The number of ether oxygens (including phenoxy) is 1. The molecule has 2 aromatic heterocycles. The number of carbonyl (C=O) groups excluding carboxylic acids is 1. The maximum absolute atomic E-state index is 13.1. The van der Waals surface area contributed by atoms with Gasteiger partial charge in [0.1, 0.15) is 5.75 Å². The highest BCUT2D eigenvalue weighted by Gasteiger charge is 2.18. The maximum Gasteiger partial charge on any atom is 0.387 e. The van der Waals surface area contributed by atoms with E-state index in [4.69, 9.17) is 0 Å². The fourth-order valence-corrected chi connectivity index (χ4v) is 3.80. The van der Waals surface area contributed by atoms with Crippen LogP contribution in [0.25, 0.3) is 22.3 Å². The fourth-order valence-electron chi connectivity index (χ4n) is 3.80. The molecule has 0 saturated heterocycles. The lowest BCUT2D eigenvalue weighted by Gasteiger charge is -2.07. The molecule has 0 spiro atoms. The lowest BCUT2D eigenvalue weighted by Crippen LogP contribution is -2.23. The van der Waals surface area contributed by atoms with Crippen LogP contribution < -0.4 is 10.1 Å². The number of nitrogens with one attached hydrogen (secondary N) is 2. The molecule has 0 bridgehead atoms. The summed E-state index contributed by atoms with van der Waals surface area (Å²) >= 11 is 0. The van der Waals surface area contributed by atoms with Crippen LogP contribution in [0.2, 0.25) is 0 Å². The first kappa shape index (κ1) is 23.6. The third-order valence-corrected chi connectivity index (χ3v) is 5.59. The Labute approximate surface area is 208 Å². The van der Waals surface area contributed by atoms with Gasteiger partial charge in [0, 0.05) is 17.5 Å². The number of aromatic nitrogens is 6. The molecular weight excluding hydrogens is 482 g/mol. The molecule has 5 aromatic rings. The number of hydrogen-bond acceptors (Lipinski definition) is 7. The maximum atomic E-state index is 13.1. The van der Waals surface area contributed by atoms with E-state index in [1.165, 1.54) is 12.1 Å². The van der Waals surface area contributed by atoms with Gasteiger partial charge in [-0.1, -0.05) is 36.4 Å². The molecular formula is C25H18F2N8O2. The summed E-state index contributed by atoms with van der Waals surface area (Å²) in [5, 5.41) is 31.1. The molecule has 37 heavy (non-hydrogen) atoms. The van der Waals surface area contributed by atoms with Crippen LogP contribution in [0, 0.1) is 11.3 Å². The highest BCUT2D eigenvalue weighted by Crippen LogP contribution is 2.23. The zero-order valence-corrected chi connectivity index (χ0v) is 19.1. The van der Waals surface area contributed by atoms with Gasteiger partial charge >= 0.3 is 6.61 Å². The normalized spacial score (nSPS) is 11.0. The largest absolute Gasteiger partial charge is 0.435 e. The van der Waals surface area contributed by atoms with Crippen LogP contribution in [0.1, 0.15) is 27.2 Å². The molecule has 3 aromatic carbocycles. The fraction of sp³-hybridized carbons (Fsp3) is 0.120. The molecule has 1 amide bonds. The second-order valence-electron chi connectivity index (χ2n) is 7.99. The molecule has 12 heteroatoms. The van der Waals surface area contributed by atoms with Crippen LogP contribution in [0.4, 0.5) is 8.78 Å². The first-order chi connectivity index (χ1) is 18.0. The Morgan fingerprint density at radius 3 is 2.51 bits per heavy atom. The van der Waals surface area contributed by atoms with Crippen molar-refractivity contribution >= 4 is 16.8 Å². The number of rotatable bonds is 8. The summed E-state index contributed by atoms with van der Waals surface area (Å²) in [5.41, 5.74) is 3.63. The Morgan fingerprint density at radius 1 is 1.08 bits per heavy atom. The van der Waals surface area contributed by atoms with Crippen molar-refractivity contribution in [2.75, 3.05) is 0 Å². The third kappa shape index (κ3) is 5.25. The lowest BCUT2D eigenvalue weighted by atomic mass is 10.1. The summed E-state index contributed by atoms with van der Waals surface area (Å²) in [7, 11) is 0. The van der Waals surface area contributed by atoms with Crippen LogP contribution in [0.3, 0.4) is 0 Å². The number of nitrogens with zero attached hydrogens (tertiary/aromatic N) is 6. The van der Waals surface area contributed by atoms with Gasteiger partial charge in [-0.3, -0.25) is 9.48 Å². The number of tetrazole rings is 1. The van der Waals surface area contributed by atoms with Gasteiger partial charge in [0.05, 0.1) is 23.7 Å². The molecule has 0 atom stereocenters. The molecule has 5 rings (SSSR count). The van der Waals surface area contributed by atoms with Crippen molar-refractivity contribution in [1.29, 1.82) is 5.26 Å². The predicted octanol–water partition coefficient (Wildman–Crippen LogP) is 3.67. The van der Waals surface area contributed by atoms with Crippen molar-refractivity contribution in [1.82, 2.24) is 35.7 Å². The molecule has 0 fully saturated rings. The highest BCUT2D eigenvalue weighted by atomic mass is 19.3. The van der Waals surface area contributed by atoms with Gasteiger partial charge in [0.2, 0.25) is 5.82 Å². The number of aromatic amines is 1. The Balaban J connectivity index is 1.35. The van der Waals surface area contributed by atoms with Gasteiger partial charge in [-0.05, 0) is 46.7 Å². The first-order valence-electron chi connectivity index (χ1n) is 11.1. The number of nitriles is 1. The van der Waals surface area contributed by atoms with E-state index in [-0.39, 0.29) is 30.4 Å². The third-order valence-electron chi connectivity index (χ3n) is 5.59. The number of fused-ring (bicyclic) bond motifs is 1. The standard InChI is InChI=1S/C25H18F2N8O2/c26-25(27)37-19-8-3-16(4-9-19)14-35-21-11-17(12-28)5-10-20(21)22(32-35)24(36)29-13-15-1-6-18(7-2-15)23-30-33-34-31-23/h1-11,25H,13-14H2,(H,29,36)(H,30,31,33,34). The molecule has 0 aliphatic carbocycles. The van der Waals surface area contributed by atoms with Gasteiger partial charge in [-0.2, -0.15) is 24.4 Å². The Bertz CT molecular complexity index is 1570. The van der Waals surface area contributed by atoms with E-state index in [2.05, 4.69) is 41.8 Å². The van der Waals surface area contributed by atoms with Crippen molar-refractivity contribution in [2.24, 2.45) is 0 Å². The molecule has 10 nitrogen and oxygen atoms in total. The molecule has 184 valence electrons. The highest BCUT2D eigenvalue weighted by molar-refractivity contribution is 6.05. The molecule has 0 aliphatic rings. The van der Waals surface area contributed by atoms with Crippen LogP contribution in [0.15, 0.2) is 66.7 Å². The monoisotopic (exact) mass is 500 g/mol. The number of carbonyl (C=O) groups is 1. The quantitative estimate of drug-likeness (QED) is 0.332. The summed E-state index contributed by atoms with van der Waals surface area (Å²) in [6.07, 6.45) is 0. The van der Waals surface area contributed by atoms with Crippen molar-refractivity contribution in [2.45, 2.75) is 19.7 Å². The number of alkyl halides is 2. The first-order valence-corrected chi connectivity index (χ1v) is 11.1. The zero-order valence-electron chi connectivity index (χ0n) is 19.1. The topological polar surface area (TPSA) is 134 Å². The van der Waals surface area contributed by atoms with Crippen LogP contribution in [-0.4, -0.2) is 42.9 Å². The molecule has 0 radical (unpaired) electrons. The Kier molecular flexibility index (Phi) is 6.50. The van der Waals surface area contributed by atoms with E-state index < -0.39 is 6.61 Å². The summed E-state index contributed by atoms with van der Waals surface area (Å²) in [5.74, 6) is 0.137. The van der Waals surface area contributed by atoms with E-state index in [1.54, 1.807) is 35.0 Å². The van der Waals surface area contributed by atoms with Crippen molar-refractivity contribution in [3.8, 4) is 23.2 Å². The predicted molar refractivity (Wildman–Crippen MR) is 127 cm³/mol. The minimum Gasteiger partial charge on any atom is -0.435 e. The van der Waals surface area contributed by atoms with Crippen LogP contribution in [-0.2, 0) is 13.1 Å². The van der Waals surface area contributed by atoms with Crippen molar-refractivity contribution < 1.29 is 18.3 Å². The Hall–Kier alpha value is -5.18. The van der Waals surface area contributed by atoms with Gasteiger partial charge in [-0.15, -0.1) is 10.2 Å². The summed E-state index contributed by atoms with van der Waals surface area (Å²) in [4.78, 5) is 13.1. The molecule has 2 heterocycles. The summed E-state index contributed by atoms with van der Waals surface area (Å²) < 4.78 is 30.9. The minimum absolute atomic E-state index is 0.0428. The van der Waals surface area contributed by atoms with Gasteiger partial charge in [0.15, 0.2) is 5.69 Å². The molecule has 0 saturated carbocycles. The molecule has 0 aliphatic heterocycles. The smallest absolute Gasteiger partial charge is 0.387 e. The summed E-state index contributed by atoms with van der Waals surface area (Å²) in [6.45, 7) is -2.39. The van der Waals surface area contributed by atoms with Crippen LogP contribution in [0.5, 0.6) is 5.75 Å². The van der Waals surface area contributed by atoms with E-state index >= 15 is 0 Å². The van der Waals surface area contributed by atoms with Gasteiger partial charge < -0.3 is 10.1 Å². The second-order valence-corrected chi connectivity index (χ2v) is 7.99. The average Bonchev–Trinajstić information content (AvgIpc) is 3.57. The number of halogens is 2.